The van der Waals surface area contributed by atoms with E-state index in [9.17, 15) is 19.2 Å². The number of nitrogens with two attached hydrogens (primary N) is 1. The molecule has 50 heavy (non-hydrogen) atoms. The predicted molar refractivity (Wildman–Crippen MR) is 187 cm³/mol. The van der Waals surface area contributed by atoms with Gasteiger partial charge < -0.3 is 31.2 Å². The maximum absolute atomic E-state index is 13.6. The molecule has 0 bridgehead atoms. The molecule has 6 N–H and O–H groups in total. The lowest BCUT2D eigenvalue weighted by Gasteiger charge is -2.39. The van der Waals surface area contributed by atoms with E-state index in [2.05, 4.69) is 21.3 Å². The van der Waals surface area contributed by atoms with Crippen molar-refractivity contribution in [1.82, 2.24) is 21.3 Å². The van der Waals surface area contributed by atoms with Gasteiger partial charge in [0.25, 0.3) is 0 Å². The van der Waals surface area contributed by atoms with Gasteiger partial charge in [-0.05, 0) is 65.6 Å². The Bertz CT molecular complexity index is 1760. The van der Waals surface area contributed by atoms with Crippen LogP contribution in [0, 0.1) is 11.3 Å². The number of nitrogens with zero attached hydrogens (tertiary/aromatic N) is 1. The van der Waals surface area contributed by atoms with Crippen LogP contribution in [0.25, 0.3) is 0 Å². The van der Waals surface area contributed by atoms with Gasteiger partial charge in [-0.15, -0.1) is 0 Å². The van der Waals surface area contributed by atoms with Crippen LogP contribution in [-0.2, 0) is 31.1 Å². The summed E-state index contributed by atoms with van der Waals surface area (Å²) in [5, 5.41) is 20.4. The predicted octanol–water partition coefficient (Wildman–Crippen LogP) is 2.29. The summed E-state index contributed by atoms with van der Waals surface area (Å²) in [5.41, 5.74) is 7.79. The minimum atomic E-state index is -1.09. The summed E-state index contributed by atoms with van der Waals surface area (Å²) >= 11 is 0. The largest absolute Gasteiger partial charge is 0.497 e. The summed E-state index contributed by atoms with van der Waals surface area (Å²) in [6.45, 7) is 0.855. The fourth-order valence-corrected chi connectivity index (χ4v) is 5.53. The Kier molecular flexibility index (Phi) is 12.7. The summed E-state index contributed by atoms with van der Waals surface area (Å²) in [6.07, 6.45) is 0.0667. The number of nitrogens with one attached hydrogen (secondary N) is 4. The second-order valence-electron chi connectivity index (χ2n) is 11.5. The van der Waals surface area contributed by atoms with Gasteiger partial charge in [-0.3, -0.25) is 24.5 Å². The van der Waals surface area contributed by atoms with Gasteiger partial charge >= 0.3 is 0 Å². The minimum absolute atomic E-state index is 0.0667. The van der Waals surface area contributed by atoms with Gasteiger partial charge in [0.1, 0.15) is 17.5 Å². The maximum Gasteiger partial charge on any atom is 0.243 e. The third kappa shape index (κ3) is 9.24. The van der Waals surface area contributed by atoms with Crippen LogP contribution in [0.4, 0.5) is 0 Å². The van der Waals surface area contributed by atoms with Gasteiger partial charge in [-0.2, -0.15) is 5.26 Å². The molecule has 4 rings (SSSR count). The van der Waals surface area contributed by atoms with Gasteiger partial charge in [-0.25, -0.2) is 0 Å². The lowest BCUT2D eigenvalue weighted by atomic mass is 9.76. The summed E-state index contributed by atoms with van der Waals surface area (Å²) in [7, 11) is 3.18. The molecule has 0 saturated heterocycles. The van der Waals surface area contributed by atoms with E-state index in [1.54, 1.807) is 45.4 Å². The minimum Gasteiger partial charge on any atom is -0.497 e. The van der Waals surface area contributed by atoms with Crippen LogP contribution in [0.2, 0.25) is 0 Å². The highest BCUT2D eigenvalue weighted by atomic mass is 16.5. The first kappa shape index (κ1) is 36.6. The molecule has 0 aliphatic carbocycles. The van der Waals surface area contributed by atoms with Gasteiger partial charge in [0.05, 0.1) is 50.5 Å². The van der Waals surface area contributed by atoms with Crippen LogP contribution in [0.1, 0.15) is 34.7 Å². The van der Waals surface area contributed by atoms with Crippen molar-refractivity contribution >= 4 is 23.6 Å². The second-order valence-corrected chi connectivity index (χ2v) is 11.5. The Hall–Kier alpha value is -6.19. The summed E-state index contributed by atoms with van der Waals surface area (Å²) in [5.74, 6) is -1.13. The number of carbonyl (C=O) groups is 4. The summed E-state index contributed by atoms with van der Waals surface area (Å²) in [6, 6.07) is 31.4. The second kappa shape index (κ2) is 17.3. The first-order valence-corrected chi connectivity index (χ1v) is 15.8. The van der Waals surface area contributed by atoms with Crippen LogP contribution < -0.4 is 36.5 Å². The van der Waals surface area contributed by atoms with Crippen LogP contribution in [0.15, 0.2) is 103 Å². The van der Waals surface area contributed by atoms with Crippen LogP contribution >= 0.6 is 0 Å². The van der Waals surface area contributed by atoms with Crippen molar-refractivity contribution in [2.75, 3.05) is 27.3 Å². The molecule has 0 heterocycles. The zero-order valence-electron chi connectivity index (χ0n) is 28.1. The molecule has 258 valence electrons. The molecule has 12 heteroatoms. The first-order valence-electron chi connectivity index (χ1n) is 15.8. The standard InChI is InChI=1S/C38H40N6O6/c1-25(36(47)42-24-35(46)43-33(37(48)41-23-34(40)45)21-26-9-11-27(22-39)12-10-26)44-38(28-7-5-4-6-8-28,29-13-17-31(49-2)18-14-29)30-15-19-32(50-3)20-16-30/h4-20,25,33,44H,21,23-24H2,1-3H3,(H2,40,45)(H,41,48)(H,42,47)(H,43,46)/t25-,33+/m1/s1. The molecule has 0 spiro atoms. The van der Waals surface area contributed by atoms with E-state index >= 15 is 0 Å². The average molecular weight is 677 g/mol. The van der Waals surface area contributed by atoms with Gasteiger partial charge in [0, 0.05) is 6.42 Å². The lowest BCUT2D eigenvalue weighted by molar-refractivity contribution is -0.130. The molecule has 0 aromatic heterocycles. The number of primary amides is 1. The lowest BCUT2D eigenvalue weighted by Crippen LogP contribution is -2.55. The van der Waals surface area contributed by atoms with Crippen molar-refractivity contribution in [1.29, 1.82) is 5.26 Å². The van der Waals surface area contributed by atoms with Gasteiger partial charge in [0.15, 0.2) is 0 Å². The Morgan fingerprint density at radius 2 is 1.26 bits per heavy atom. The zero-order valence-corrected chi connectivity index (χ0v) is 28.1. The normalized spacial score (nSPS) is 12.0. The molecule has 4 amide bonds. The van der Waals surface area contributed by atoms with Crippen molar-refractivity contribution in [2.45, 2.75) is 31.0 Å². The number of hydrogen-bond donors (Lipinski definition) is 5. The molecular weight excluding hydrogens is 636 g/mol. The fraction of sp³-hybridized carbons (Fsp3) is 0.237. The fourth-order valence-electron chi connectivity index (χ4n) is 5.53. The van der Waals surface area contributed by atoms with E-state index in [-0.39, 0.29) is 6.42 Å². The van der Waals surface area contributed by atoms with Crippen molar-refractivity contribution in [3.05, 3.63) is 131 Å². The third-order valence-corrected chi connectivity index (χ3v) is 8.11. The van der Waals surface area contributed by atoms with E-state index < -0.39 is 54.3 Å². The molecule has 0 unspecified atom stereocenters. The number of amides is 4. The number of hydrogen-bond acceptors (Lipinski definition) is 8. The number of rotatable bonds is 16. The Balaban J connectivity index is 1.56. The van der Waals surface area contributed by atoms with Gasteiger partial charge in [-0.1, -0.05) is 66.7 Å². The molecule has 4 aromatic rings. The van der Waals surface area contributed by atoms with E-state index in [0.29, 0.717) is 22.6 Å². The third-order valence-electron chi connectivity index (χ3n) is 8.11. The van der Waals surface area contributed by atoms with E-state index in [1.165, 1.54) is 0 Å². The number of carbonyl (C=O) groups excluding carboxylic acids is 4. The van der Waals surface area contributed by atoms with Crippen molar-refractivity contribution < 1.29 is 28.7 Å². The highest BCUT2D eigenvalue weighted by Crippen LogP contribution is 2.38. The number of nitriles is 1. The van der Waals surface area contributed by atoms with E-state index in [1.807, 2.05) is 84.9 Å². The summed E-state index contributed by atoms with van der Waals surface area (Å²) < 4.78 is 10.8. The Labute approximate surface area is 291 Å². The molecule has 0 radical (unpaired) electrons. The zero-order chi connectivity index (χ0) is 36.1. The highest BCUT2D eigenvalue weighted by Gasteiger charge is 2.39. The molecule has 0 saturated carbocycles. The molecule has 4 aromatic carbocycles. The quantitative estimate of drug-likeness (QED) is 0.112. The molecule has 0 fully saturated rings. The molecule has 0 aliphatic rings. The van der Waals surface area contributed by atoms with Gasteiger partial charge in [0.2, 0.25) is 23.6 Å². The molecule has 2 atom stereocenters. The van der Waals surface area contributed by atoms with Crippen LogP contribution in [0.3, 0.4) is 0 Å². The van der Waals surface area contributed by atoms with Crippen molar-refractivity contribution in [3.63, 3.8) is 0 Å². The molecule has 12 nitrogen and oxygen atoms in total. The Morgan fingerprint density at radius 1 is 0.740 bits per heavy atom. The SMILES string of the molecule is COc1ccc(C(N[C@H](C)C(=O)NCC(=O)N[C@@H](Cc2ccc(C#N)cc2)C(=O)NCC(N)=O)(c2ccccc2)c2ccc(OC)cc2)cc1. The molecule has 0 aliphatic heterocycles. The van der Waals surface area contributed by atoms with E-state index in [4.69, 9.17) is 20.5 Å². The Morgan fingerprint density at radius 3 is 1.76 bits per heavy atom. The number of ether oxygens (including phenoxy) is 2. The highest BCUT2D eigenvalue weighted by molar-refractivity contribution is 5.92. The first-order chi connectivity index (χ1) is 24.1. The number of benzene rings is 4. The monoisotopic (exact) mass is 676 g/mol. The van der Waals surface area contributed by atoms with E-state index in [0.717, 1.165) is 16.7 Å². The molecular formula is C38H40N6O6. The van der Waals surface area contributed by atoms with Crippen molar-refractivity contribution in [3.8, 4) is 17.6 Å². The smallest absolute Gasteiger partial charge is 0.243 e. The summed E-state index contributed by atoms with van der Waals surface area (Å²) in [4.78, 5) is 50.9. The van der Waals surface area contributed by atoms with Crippen molar-refractivity contribution in [2.24, 2.45) is 5.73 Å². The van der Waals surface area contributed by atoms with Crippen LogP contribution in [-0.4, -0.2) is 63.0 Å². The van der Waals surface area contributed by atoms with Crippen LogP contribution in [0.5, 0.6) is 11.5 Å². The maximum atomic E-state index is 13.6. The average Bonchev–Trinajstić information content (AvgIpc) is 3.15. The topological polar surface area (TPSA) is 185 Å². The number of methoxy groups -OCH3 is 2.